The lowest BCUT2D eigenvalue weighted by Gasteiger charge is -2.55. The van der Waals surface area contributed by atoms with Crippen LogP contribution in [-0.4, -0.2) is 59.2 Å². The van der Waals surface area contributed by atoms with E-state index in [0.717, 1.165) is 11.1 Å². The van der Waals surface area contributed by atoms with Crippen molar-refractivity contribution in [2.45, 2.75) is 31.1 Å². The van der Waals surface area contributed by atoms with Gasteiger partial charge in [0, 0.05) is 25.4 Å². The highest BCUT2D eigenvalue weighted by atomic mass is 32.2. The maximum atomic E-state index is 13.4. The lowest BCUT2D eigenvalue weighted by molar-refractivity contribution is -0.193. The molecule has 2 aliphatic rings. The molecule has 1 saturated heterocycles. The Kier molecular flexibility index (Phi) is 7.76. The number of rotatable bonds is 9. The summed E-state index contributed by atoms with van der Waals surface area (Å²) in [4.78, 5) is 52.0. The lowest BCUT2D eigenvalue weighted by atomic mass is 9.97. The Balaban J connectivity index is 1.55. The van der Waals surface area contributed by atoms with Gasteiger partial charge in [-0.15, -0.1) is 11.8 Å². The minimum Gasteiger partial charge on any atom is -0.461 e. The van der Waals surface area contributed by atoms with Gasteiger partial charge in [0.05, 0.1) is 6.42 Å². The molecule has 9 nitrogen and oxygen atoms in total. The zero-order valence-electron chi connectivity index (χ0n) is 19.9. The number of amides is 2. The molecule has 0 unspecified atom stereocenters. The number of thioether (sulfide) groups is 1. The van der Waals surface area contributed by atoms with E-state index in [1.165, 1.54) is 30.7 Å². The number of methoxy groups -OCH3 is 1. The molecule has 36 heavy (non-hydrogen) atoms. The fourth-order valence-electron chi connectivity index (χ4n) is 4.06. The van der Waals surface area contributed by atoms with Gasteiger partial charge < -0.3 is 19.5 Å². The SMILES string of the molecule is CO[C@@]1(NC(=O)Cc2ccccc2)C(=O)N2C(C(=O)OCc3ccccc3)=C(COC(C)=O)CS[C@@H]21. The summed E-state index contributed by atoms with van der Waals surface area (Å²) in [6, 6.07) is 18.3. The predicted octanol–water partition coefficient (Wildman–Crippen LogP) is 2.16. The predicted molar refractivity (Wildman–Crippen MR) is 131 cm³/mol. The van der Waals surface area contributed by atoms with Crippen LogP contribution in [0.15, 0.2) is 71.9 Å². The van der Waals surface area contributed by atoms with E-state index in [0.29, 0.717) is 5.57 Å². The minimum absolute atomic E-state index is 0.00548. The average Bonchev–Trinajstić information content (AvgIpc) is 2.89. The molecular weight excluding hydrogens is 484 g/mol. The van der Waals surface area contributed by atoms with E-state index in [1.807, 2.05) is 60.7 Å². The van der Waals surface area contributed by atoms with E-state index < -0.39 is 28.9 Å². The van der Waals surface area contributed by atoms with Gasteiger partial charge in [-0.2, -0.15) is 0 Å². The maximum Gasteiger partial charge on any atom is 0.355 e. The van der Waals surface area contributed by atoms with Crippen molar-refractivity contribution in [3.8, 4) is 0 Å². The van der Waals surface area contributed by atoms with Crippen molar-refractivity contribution in [3.05, 3.63) is 83.1 Å². The molecule has 0 saturated carbocycles. The topological polar surface area (TPSA) is 111 Å². The van der Waals surface area contributed by atoms with E-state index in [1.54, 1.807) is 0 Å². The van der Waals surface area contributed by atoms with Crippen LogP contribution in [0.2, 0.25) is 0 Å². The van der Waals surface area contributed by atoms with Gasteiger partial charge in [0.2, 0.25) is 5.91 Å². The van der Waals surface area contributed by atoms with E-state index in [2.05, 4.69) is 5.32 Å². The molecule has 0 radical (unpaired) electrons. The smallest absolute Gasteiger partial charge is 0.355 e. The average molecular weight is 511 g/mol. The fourth-order valence-corrected chi connectivity index (χ4v) is 5.48. The third-order valence-electron chi connectivity index (χ3n) is 5.82. The monoisotopic (exact) mass is 510 g/mol. The Hall–Kier alpha value is -3.63. The van der Waals surface area contributed by atoms with Gasteiger partial charge in [0.1, 0.15) is 24.3 Å². The quantitative estimate of drug-likeness (QED) is 0.310. The van der Waals surface area contributed by atoms with Crippen molar-refractivity contribution in [1.82, 2.24) is 10.2 Å². The first-order valence-corrected chi connectivity index (χ1v) is 12.3. The molecule has 2 amide bonds. The van der Waals surface area contributed by atoms with Gasteiger partial charge in [-0.1, -0.05) is 60.7 Å². The third-order valence-corrected chi connectivity index (χ3v) is 7.19. The van der Waals surface area contributed by atoms with Crippen LogP contribution in [0.4, 0.5) is 0 Å². The lowest BCUT2D eigenvalue weighted by Crippen LogP contribution is -2.80. The number of nitrogens with one attached hydrogen (secondary N) is 1. The summed E-state index contributed by atoms with van der Waals surface area (Å²) in [7, 11) is 1.34. The summed E-state index contributed by atoms with van der Waals surface area (Å²) in [5.74, 6) is -1.95. The Morgan fingerprint density at radius 1 is 1.00 bits per heavy atom. The molecule has 2 aliphatic heterocycles. The van der Waals surface area contributed by atoms with Crippen LogP contribution in [-0.2, 0) is 46.4 Å². The molecule has 2 aromatic rings. The van der Waals surface area contributed by atoms with Gasteiger partial charge in [-0.25, -0.2) is 4.79 Å². The largest absolute Gasteiger partial charge is 0.461 e. The van der Waals surface area contributed by atoms with Crippen LogP contribution in [0.25, 0.3) is 0 Å². The molecular formula is C26H26N2O7S. The van der Waals surface area contributed by atoms with Crippen LogP contribution in [0, 0.1) is 0 Å². The Bertz CT molecular complexity index is 1190. The second-order valence-corrected chi connectivity index (χ2v) is 9.35. The van der Waals surface area contributed by atoms with Crippen molar-refractivity contribution >= 4 is 35.5 Å². The van der Waals surface area contributed by atoms with Crippen LogP contribution in [0.1, 0.15) is 18.1 Å². The molecule has 4 rings (SSSR count). The van der Waals surface area contributed by atoms with Crippen LogP contribution in [0.3, 0.4) is 0 Å². The Morgan fingerprint density at radius 3 is 2.25 bits per heavy atom. The second-order valence-electron chi connectivity index (χ2n) is 8.28. The second kappa shape index (κ2) is 11.0. The molecule has 1 fully saturated rings. The summed E-state index contributed by atoms with van der Waals surface area (Å²) in [6.07, 6.45) is 0.0656. The van der Waals surface area contributed by atoms with Crippen LogP contribution >= 0.6 is 11.8 Å². The number of esters is 2. The zero-order chi connectivity index (χ0) is 25.7. The van der Waals surface area contributed by atoms with Crippen molar-refractivity contribution in [3.63, 3.8) is 0 Å². The van der Waals surface area contributed by atoms with E-state index in [9.17, 15) is 19.2 Å². The fraction of sp³-hybridized carbons (Fsp3) is 0.308. The third kappa shape index (κ3) is 5.14. The van der Waals surface area contributed by atoms with Crippen LogP contribution < -0.4 is 5.32 Å². The summed E-state index contributed by atoms with van der Waals surface area (Å²) < 4.78 is 16.2. The summed E-state index contributed by atoms with van der Waals surface area (Å²) in [5.41, 5.74) is 0.386. The standard InChI is InChI=1S/C26H26N2O7S/c1-17(29)34-15-20-16-36-25-26(33-2,27-21(30)13-18-9-5-3-6-10-18)24(32)28(25)22(20)23(31)35-14-19-11-7-4-8-12-19/h3-12,25H,13-16H2,1-2H3,(H,27,30)/t25-,26+/m1/s1. The highest BCUT2D eigenvalue weighted by molar-refractivity contribution is 8.00. The van der Waals surface area contributed by atoms with E-state index in [-0.39, 0.29) is 37.0 Å². The molecule has 0 aromatic heterocycles. The summed E-state index contributed by atoms with van der Waals surface area (Å²) in [5, 5.41) is 2.03. The molecule has 1 N–H and O–H groups in total. The number of benzene rings is 2. The van der Waals surface area contributed by atoms with Gasteiger partial charge in [0.25, 0.3) is 11.6 Å². The summed E-state index contributed by atoms with van der Waals surface area (Å²) >= 11 is 1.30. The number of ether oxygens (including phenoxy) is 3. The zero-order valence-corrected chi connectivity index (χ0v) is 20.7. The van der Waals surface area contributed by atoms with E-state index in [4.69, 9.17) is 14.2 Å². The molecule has 10 heteroatoms. The molecule has 2 atom stereocenters. The number of hydrogen-bond donors (Lipinski definition) is 1. The van der Waals surface area contributed by atoms with Crippen molar-refractivity contribution in [2.24, 2.45) is 0 Å². The Labute approximate surface area is 212 Å². The molecule has 2 heterocycles. The van der Waals surface area contributed by atoms with Crippen molar-refractivity contribution < 1.29 is 33.4 Å². The Morgan fingerprint density at radius 2 is 1.64 bits per heavy atom. The molecule has 0 spiro atoms. The first kappa shape index (κ1) is 25.5. The number of hydrogen-bond acceptors (Lipinski definition) is 8. The number of β-lactam (4-membered cyclic amide) rings is 1. The van der Waals surface area contributed by atoms with Crippen LogP contribution in [0.5, 0.6) is 0 Å². The number of carbonyl (C=O) groups excluding carboxylic acids is 4. The first-order valence-electron chi connectivity index (χ1n) is 11.3. The number of carbonyl (C=O) groups is 4. The van der Waals surface area contributed by atoms with Gasteiger partial charge >= 0.3 is 11.9 Å². The minimum atomic E-state index is -1.63. The number of fused-ring (bicyclic) bond motifs is 1. The number of nitrogens with zero attached hydrogens (tertiary/aromatic N) is 1. The highest BCUT2D eigenvalue weighted by Crippen LogP contribution is 2.47. The molecule has 0 aliphatic carbocycles. The highest BCUT2D eigenvalue weighted by Gasteiger charge is 2.66. The van der Waals surface area contributed by atoms with Crippen molar-refractivity contribution in [1.29, 1.82) is 0 Å². The first-order chi connectivity index (χ1) is 17.4. The van der Waals surface area contributed by atoms with E-state index >= 15 is 0 Å². The van der Waals surface area contributed by atoms with Gasteiger partial charge in [-0.3, -0.25) is 19.3 Å². The van der Waals surface area contributed by atoms with Gasteiger partial charge in [0.15, 0.2) is 0 Å². The summed E-state index contributed by atoms with van der Waals surface area (Å²) in [6.45, 7) is 1.11. The molecule has 188 valence electrons. The molecule has 2 aromatic carbocycles. The normalized spacial score (nSPS) is 20.8. The molecule has 0 bridgehead atoms. The maximum absolute atomic E-state index is 13.4. The van der Waals surface area contributed by atoms with Gasteiger partial charge in [-0.05, 0) is 11.1 Å². The van der Waals surface area contributed by atoms with Crippen molar-refractivity contribution in [2.75, 3.05) is 19.5 Å².